The molecule has 0 aliphatic heterocycles. The molecule has 1 atom stereocenters. The fourth-order valence-corrected chi connectivity index (χ4v) is 3.55. The number of carbonyl (C=O) groups is 1. The molecule has 0 saturated heterocycles. The van der Waals surface area contributed by atoms with Crippen LogP contribution >= 0.6 is 11.8 Å². The van der Waals surface area contributed by atoms with Gasteiger partial charge in [-0.15, -0.1) is 10.2 Å². The second-order valence-corrected chi connectivity index (χ2v) is 8.45. The Kier molecular flexibility index (Phi) is 7.02. The van der Waals surface area contributed by atoms with Gasteiger partial charge < -0.3 is 14.5 Å². The lowest BCUT2D eigenvalue weighted by molar-refractivity contribution is -0.120. The Hall–Kier alpha value is -3.25. The zero-order valence-corrected chi connectivity index (χ0v) is 18.8. The lowest BCUT2D eigenvalue weighted by Crippen LogP contribution is -2.49. The van der Waals surface area contributed by atoms with Crippen molar-refractivity contribution in [2.24, 2.45) is 5.92 Å². The highest BCUT2D eigenvalue weighted by Gasteiger charge is 2.30. The summed E-state index contributed by atoms with van der Waals surface area (Å²) in [5.74, 6) is 2.02. The molecule has 1 amide bonds. The number of nitrogens with zero attached hydrogens (tertiary/aromatic N) is 4. The first kappa shape index (κ1) is 22.4. The lowest BCUT2D eigenvalue weighted by atomic mass is 9.90. The predicted molar refractivity (Wildman–Crippen MR) is 118 cm³/mol. The molecule has 0 fully saturated rings. The van der Waals surface area contributed by atoms with Gasteiger partial charge in [0.05, 0.1) is 31.7 Å². The summed E-state index contributed by atoms with van der Waals surface area (Å²) in [4.78, 5) is 12.5. The predicted octanol–water partition coefficient (Wildman–Crippen LogP) is 3.74. The number of benzene rings is 1. The zero-order chi connectivity index (χ0) is 22.4. The Bertz CT molecular complexity index is 1050. The summed E-state index contributed by atoms with van der Waals surface area (Å²) < 4.78 is 12.6. The van der Waals surface area contributed by atoms with E-state index in [1.54, 1.807) is 20.3 Å². The standard InChI is InChI=1S/C22H25N5O3S/c1-15(2)22(3,14-23)24-19(28)13-31-21-26-25-20(16-7-9-17(29-4)10-8-16)27(21)12-18-6-5-11-30-18/h5-11,15H,12-13H2,1-4H3,(H,24,28). The summed E-state index contributed by atoms with van der Waals surface area (Å²) in [6, 6.07) is 13.4. The van der Waals surface area contributed by atoms with Crippen LogP contribution in [-0.4, -0.2) is 39.1 Å². The van der Waals surface area contributed by atoms with Gasteiger partial charge in [-0.3, -0.25) is 9.36 Å². The molecule has 0 aliphatic carbocycles. The number of ether oxygens (including phenoxy) is 1. The molecule has 162 valence electrons. The SMILES string of the molecule is COc1ccc(-c2nnc(SCC(=O)NC(C)(C#N)C(C)C)n2Cc2ccco2)cc1. The number of furan rings is 1. The van der Waals surface area contributed by atoms with Crippen molar-refractivity contribution in [3.8, 4) is 23.2 Å². The third-order valence-corrected chi connectivity index (χ3v) is 6.04. The first-order valence-corrected chi connectivity index (χ1v) is 10.8. The largest absolute Gasteiger partial charge is 0.497 e. The quantitative estimate of drug-likeness (QED) is 0.506. The van der Waals surface area contributed by atoms with Gasteiger partial charge in [-0.05, 0) is 49.2 Å². The molecule has 9 heteroatoms. The highest BCUT2D eigenvalue weighted by molar-refractivity contribution is 7.99. The summed E-state index contributed by atoms with van der Waals surface area (Å²) in [5.41, 5.74) is -0.0543. The van der Waals surface area contributed by atoms with Gasteiger partial charge in [0, 0.05) is 5.56 Å². The van der Waals surface area contributed by atoms with Crippen LogP contribution in [-0.2, 0) is 11.3 Å². The number of nitrogens with one attached hydrogen (secondary N) is 1. The third kappa shape index (κ3) is 5.27. The topological polar surface area (TPSA) is 106 Å². The highest BCUT2D eigenvalue weighted by Crippen LogP contribution is 2.27. The van der Waals surface area contributed by atoms with E-state index < -0.39 is 5.54 Å². The van der Waals surface area contributed by atoms with Crippen LogP contribution in [0.1, 0.15) is 26.5 Å². The number of aromatic nitrogens is 3. The minimum Gasteiger partial charge on any atom is -0.497 e. The van der Waals surface area contributed by atoms with Crippen molar-refractivity contribution < 1.29 is 13.9 Å². The van der Waals surface area contributed by atoms with Crippen LogP contribution in [0.15, 0.2) is 52.2 Å². The van der Waals surface area contributed by atoms with Gasteiger partial charge >= 0.3 is 0 Å². The minimum absolute atomic E-state index is 0.0178. The van der Waals surface area contributed by atoms with Crippen LogP contribution in [0.4, 0.5) is 0 Å². The Morgan fingerprint density at radius 2 is 2.06 bits per heavy atom. The van der Waals surface area contributed by atoms with Gasteiger partial charge in [0.25, 0.3) is 0 Å². The van der Waals surface area contributed by atoms with Crippen LogP contribution < -0.4 is 10.1 Å². The van der Waals surface area contributed by atoms with Crippen molar-refractivity contribution in [1.29, 1.82) is 5.26 Å². The van der Waals surface area contributed by atoms with Crippen molar-refractivity contribution in [2.75, 3.05) is 12.9 Å². The molecule has 0 spiro atoms. The summed E-state index contributed by atoms with van der Waals surface area (Å²) >= 11 is 1.26. The first-order valence-electron chi connectivity index (χ1n) is 9.81. The van der Waals surface area contributed by atoms with E-state index in [1.807, 2.05) is 54.8 Å². The number of rotatable bonds is 9. The molecule has 0 saturated carbocycles. The van der Waals surface area contributed by atoms with E-state index >= 15 is 0 Å². The van der Waals surface area contributed by atoms with Gasteiger partial charge in [0.15, 0.2) is 11.0 Å². The summed E-state index contributed by atoms with van der Waals surface area (Å²) in [7, 11) is 1.62. The number of nitriles is 1. The highest BCUT2D eigenvalue weighted by atomic mass is 32.2. The number of carbonyl (C=O) groups excluding carboxylic acids is 1. The summed E-state index contributed by atoms with van der Waals surface area (Å²) in [6.45, 7) is 5.95. The molecule has 0 radical (unpaired) electrons. The normalized spacial score (nSPS) is 12.9. The molecule has 2 aromatic heterocycles. The first-order chi connectivity index (χ1) is 14.9. The molecular weight excluding hydrogens is 414 g/mol. The van der Waals surface area contributed by atoms with Crippen molar-refractivity contribution in [3.63, 3.8) is 0 Å². The van der Waals surface area contributed by atoms with Gasteiger partial charge in [-0.2, -0.15) is 5.26 Å². The van der Waals surface area contributed by atoms with Crippen LogP contribution in [0, 0.1) is 17.2 Å². The van der Waals surface area contributed by atoms with Crippen LogP contribution in [0.3, 0.4) is 0 Å². The smallest absolute Gasteiger partial charge is 0.231 e. The van der Waals surface area contributed by atoms with Gasteiger partial charge in [-0.25, -0.2) is 0 Å². The summed E-state index contributed by atoms with van der Waals surface area (Å²) in [6.07, 6.45) is 1.61. The molecule has 1 unspecified atom stereocenters. The second-order valence-electron chi connectivity index (χ2n) is 7.51. The van der Waals surface area contributed by atoms with Gasteiger partial charge in [0.1, 0.15) is 17.0 Å². The summed E-state index contributed by atoms with van der Waals surface area (Å²) in [5, 5.41) is 21.5. The lowest BCUT2D eigenvalue weighted by Gasteiger charge is -2.27. The molecule has 0 aliphatic rings. The van der Waals surface area contributed by atoms with Gasteiger partial charge in [-0.1, -0.05) is 25.6 Å². The zero-order valence-electron chi connectivity index (χ0n) is 18.0. The van der Waals surface area contributed by atoms with E-state index in [0.29, 0.717) is 17.5 Å². The average Bonchev–Trinajstić information content (AvgIpc) is 3.42. The number of hydrogen-bond acceptors (Lipinski definition) is 7. The maximum absolute atomic E-state index is 12.5. The molecule has 3 rings (SSSR count). The van der Waals surface area contributed by atoms with E-state index in [2.05, 4.69) is 21.6 Å². The minimum atomic E-state index is -0.923. The number of amides is 1. The van der Waals surface area contributed by atoms with Crippen LogP contribution in [0.25, 0.3) is 11.4 Å². The Morgan fingerprint density at radius 1 is 1.32 bits per heavy atom. The second kappa shape index (κ2) is 9.71. The van der Waals surface area contributed by atoms with Crippen molar-refractivity contribution in [2.45, 2.75) is 38.0 Å². The van der Waals surface area contributed by atoms with E-state index in [4.69, 9.17) is 9.15 Å². The maximum atomic E-state index is 12.5. The van der Waals surface area contributed by atoms with Gasteiger partial charge in [0.2, 0.25) is 5.91 Å². The molecular formula is C22H25N5O3S. The van der Waals surface area contributed by atoms with Crippen molar-refractivity contribution in [1.82, 2.24) is 20.1 Å². The van der Waals surface area contributed by atoms with Crippen molar-refractivity contribution in [3.05, 3.63) is 48.4 Å². The Labute approximate surface area is 185 Å². The van der Waals surface area contributed by atoms with Crippen LogP contribution in [0.5, 0.6) is 5.75 Å². The van der Waals surface area contributed by atoms with E-state index in [9.17, 15) is 10.1 Å². The molecule has 2 heterocycles. The number of methoxy groups -OCH3 is 1. The fourth-order valence-electron chi connectivity index (χ4n) is 2.81. The Balaban J connectivity index is 1.82. The number of hydrogen-bond donors (Lipinski definition) is 1. The molecule has 1 N–H and O–H groups in total. The van der Waals surface area contributed by atoms with Crippen molar-refractivity contribution >= 4 is 17.7 Å². The molecule has 8 nitrogen and oxygen atoms in total. The number of thioether (sulfide) groups is 1. The average molecular weight is 440 g/mol. The van der Waals surface area contributed by atoms with Crippen LogP contribution in [0.2, 0.25) is 0 Å². The van der Waals surface area contributed by atoms with E-state index in [1.165, 1.54) is 11.8 Å². The molecule has 3 aromatic rings. The Morgan fingerprint density at radius 3 is 2.65 bits per heavy atom. The monoisotopic (exact) mass is 439 g/mol. The third-order valence-electron chi connectivity index (χ3n) is 5.08. The fraction of sp³-hybridized carbons (Fsp3) is 0.364. The molecule has 0 bridgehead atoms. The van der Waals surface area contributed by atoms with E-state index in [0.717, 1.165) is 17.1 Å². The molecule has 1 aromatic carbocycles. The maximum Gasteiger partial charge on any atom is 0.231 e. The molecule has 31 heavy (non-hydrogen) atoms. The van der Waals surface area contributed by atoms with E-state index in [-0.39, 0.29) is 17.6 Å².